The Hall–Kier alpha value is -3.13. The topological polar surface area (TPSA) is 72.2 Å². The standard InChI is InChI=1S/C19H18N2O3/c1-14(2)24-19(22)17(11-20)10-16-7-3-4-8-18(16)23-13-15-6-5-9-21-12-15/h3-10,12,14H,13H2,1-2H3. The summed E-state index contributed by atoms with van der Waals surface area (Å²) in [6, 6.07) is 12.8. The summed E-state index contributed by atoms with van der Waals surface area (Å²) in [7, 11) is 0. The molecular weight excluding hydrogens is 304 g/mol. The van der Waals surface area contributed by atoms with Crippen molar-refractivity contribution < 1.29 is 14.3 Å². The monoisotopic (exact) mass is 322 g/mol. The molecule has 0 bridgehead atoms. The molecule has 2 rings (SSSR count). The van der Waals surface area contributed by atoms with Crippen LogP contribution in [0, 0.1) is 11.3 Å². The molecule has 122 valence electrons. The van der Waals surface area contributed by atoms with Crippen LogP contribution in [-0.4, -0.2) is 17.1 Å². The van der Waals surface area contributed by atoms with E-state index in [2.05, 4.69) is 4.98 Å². The number of aromatic nitrogens is 1. The van der Waals surface area contributed by atoms with Crippen LogP contribution in [0.1, 0.15) is 25.0 Å². The second-order valence-electron chi connectivity index (χ2n) is 5.31. The summed E-state index contributed by atoms with van der Waals surface area (Å²) < 4.78 is 10.8. The Morgan fingerprint density at radius 1 is 1.29 bits per heavy atom. The maximum atomic E-state index is 11.9. The molecule has 0 aliphatic carbocycles. The number of para-hydroxylation sites is 1. The largest absolute Gasteiger partial charge is 0.488 e. The van der Waals surface area contributed by atoms with E-state index >= 15 is 0 Å². The van der Waals surface area contributed by atoms with Crippen molar-refractivity contribution in [3.63, 3.8) is 0 Å². The summed E-state index contributed by atoms with van der Waals surface area (Å²) in [6.07, 6.45) is 4.61. The van der Waals surface area contributed by atoms with E-state index in [1.807, 2.05) is 30.3 Å². The number of hydrogen-bond donors (Lipinski definition) is 0. The van der Waals surface area contributed by atoms with Crippen LogP contribution in [0.15, 0.2) is 54.4 Å². The highest BCUT2D eigenvalue weighted by atomic mass is 16.5. The number of benzene rings is 1. The summed E-state index contributed by atoms with van der Waals surface area (Å²) in [5.41, 5.74) is 1.50. The van der Waals surface area contributed by atoms with Gasteiger partial charge in [0.15, 0.2) is 0 Å². The van der Waals surface area contributed by atoms with Crippen molar-refractivity contribution in [3.05, 3.63) is 65.5 Å². The molecule has 0 N–H and O–H groups in total. The molecule has 1 heterocycles. The van der Waals surface area contributed by atoms with Gasteiger partial charge in [-0.2, -0.15) is 5.26 Å². The van der Waals surface area contributed by atoms with E-state index in [-0.39, 0.29) is 11.7 Å². The highest BCUT2D eigenvalue weighted by Crippen LogP contribution is 2.22. The lowest BCUT2D eigenvalue weighted by atomic mass is 10.1. The van der Waals surface area contributed by atoms with Crippen LogP contribution in [0.2, 0.25) is 0 Å². The zero-order valence-electron chi connectivity index (χ0n) is 13.6. The molecule has 0 saturated heterocycles. The summed E-state index contributed by atoms with van der Waals surface area (Å²) in [5.74, 6) is -0.0685. The molecule has 24 heavy (non-hydrogen) atoms. The third kappa shape index (κ3) is 4.96. The van der Waals surface area contributed by atoms with Gasteiger partial charge >= 0.3 is 5.97 Å². The molecule has 5 nitrogen and oxygen atoms in total. The lowest BCUT2D eigenvalue weighted by Gasteiger charge is -2.10. The minimum atomic E-state index is -0.644. The molecule has 2 aromatic rings. The number of nitriles is 1. The number of carbonyl (C=O) groups is 1. The van der Waals surface area contributed by atoms with Crippen molar-refractivity contribution in [2.24, 2.45) is 0 Å². The summed E-state index contributed by atoms with van der Waals surface area (Å²) in [5, 5.41) is 9.20. The fourth-order valence-corrected chi connectivity index (χ4v) is 1.95. The molecule has 1 aromatic carbocycles. The van der Waals surface area contributed by atoms with E-state index in [1.165, 1.54) is 6.08 Å². The van der Waals surface area contributed by atoms with Gasteiger partial charge in [-0.1, -0.05) is 24.3 Å². The molecule has 5 heteroatoms. The van der Waals surface area contributed by atoms with Gasteiger partial charge in [-0.15, -0.1) is 0 Å². The van der Waals surface area contributed by atoms with Gasteiger partial charge in [0.25, 0.3) is 0 Å². The first-order valence-corrected chi connectivity index (χ1v) is 7.53. The Morgan fingerprint density at radius 3 is 2.75 bits per heavy atom. The predicted octanol–water partition coefficient (Wildman–Crippen LogP) is 3.52. The number of esters is 1. The van der Waals surface area contributed by atoms with Crippen LogP contribution in [0.25, 0.3) is 6.08 Å². The number of nitrogens with zero attached hydrogens (tertiary/aromatic N) is 2. The number of hydrogen-bond acceptors (Lipinski definition) is 5. The van der Waals surface area contributed by atoms with Crippen LogP contribution >= 0.6 is 0 Å². The SMILES string of the molecule is CC(C)OC(=O)C(C#N)=Cc1ccccc1OCc1cccnc1. The Morgan fingerprint density at radius 2 is 2.08 bits per heavy atom. The molecule has 0 radical (unpaired) electrons. The van der Waals surface area contributed by atoms with E-state index in [0.29, 0.717) is 17.9 Å². The average molecular weight is 322 g/mol. The van der Waals surface area contributed by atoms with Crippen molar-refractivity contribution in [3.8, 4) is 11.8 Å². The van der Waals surface area contributed by atoms with Gasteiger partial charge in [-0.05, 0) is 32.1 Å². The smallest absolute Gasteiger partial charge is 0.349 e. The van der Waals surface area contributed by atoms with Gasteiger partial charge < -0.3 is 9.47 Å². The van der Waals surface area contributed by atoms with Gasteiger partial charge in [0.05, 0.1) is 6.10 Å². The normalized spacial score (nSPS) is 11.0. The maximum absolute atomic E-state index is 11.9. The molecule has 0 aliphatic rings. The highest BCUT2D eigenvalue weighted by molar-refractivity contribution is 5.98. The number of carbonyl (C=O) groups excluding carboxylic acids is 1. The summed E-state index contributed by atoms with van der Waals surface area (Å²) in [4.78, 5) is 16.0. The molecule has 0 spiro atoms. The molecule has 0 atom stereocenters. The van der Waals surface area contributed by atoms with Gasteiger partial charge in [-0.3, -0.25) is 4.98 Å². The van der Waals surface area contributed by atoms with Crippen LogP contribution in [-0.2, 0) is 16.1 Å². The highest BCUT2D eigenvalue weighted by Gasteiger charge is 2.13. The van der Waals surface area contributed by atoms with E-state index in [9.17, 15) is 10.1 Å². The first-order valence-electron chi connectivity index (χ1n) is 7.53. The Balaban J connectivity index is 2.19. The number of rotatable bonds is 6. The molecule has 1 aromatic heterocycles. The Labute approximate surface area is 141 Å². The minimum Gasteiger partial charge on any atom is -0.488 e. The van der Waals surface area contributed by atoms with Crippen LogP contribution in [0.5, 0.6) is 5.75 Å². The lowest BCUT2D eigenvalue weighted by Crippen LogP contribution is -2.12. The van der Waals surface area contributed by atoms with Gasteiger partial charge in [0.1, 0.15) is 24.0 Å². The van der Waals surface area contributed by atoms with Gasteiger partial charge in [-0.25, -0.2) is 4.79 Å². The first kappa shape index (κ1) is 17.2. The Kier molecular flexibility index (Phi) is 6.09. The lowest BCUT2D eigenvalue weighted by molar-refractivity contribution is -0.142. The van der Waals surface area contributed by atoms with Crippen molar-refractivity contribution in [2.75, 3.05) is 0 Å². The number of pyridine rings is 1. The number of ether oxygens (including phenoxy) is 2. The zero-order chi connectivity index (χ0) is 17.4. The van der Waals surface area contributed by atoms with E-state index in [4.69, 9.17) is 9.47 Å². The third-order valence-corrected chi connectivity index (χ3v) is 3.02. The van der Waals surface area contributed by atoms with Crippen LogP contribution < -0.4 is 4.74 Å². The molecular formula is C19H18N2O3. The zero-order valence-corrected chi connectivity index (χ0v) is 13.6. The molecule has 0 saturated carbocycles. The van der Waals surface area contributed by atoms with Crippen molar-refractivity contribution in [1.29, 1.82) is 5.26 Å². The molecule has 0 aliphatic heterocycles. The van der Waals surface area contributed by atoms with E-state index in [1.54, 1.807) is 38.4 Å². The average Bonchev–Trinajstić information content (AvgIpc) is 2.59. The van der Waals surface area contributed by atoms with Crippen molar-refractivity contribution in [1.82, 2.24) is 4.98 Å². The quantitative estimate of drug-likeness (QED) is 0.462. The fourth-order valence-electron chi connectivity index (χ4n) is 1.95. The van der Waals surface area contributed by atoms with Crippen molar-refractivity contribution in [2.45, 2.75) is 26.6 Å². The Bertz CT molecular complexity index is 762. The van der Waals surface area contributed by atoms with Crippen molar-refractivity contribution >= 4 is 12.0 Å². The summed E-state index contributed by atoms with van der Waals surface area (Å²) in [6.45, 7) is 3.81. The van der Waals surface area contributed by atoms with Crippen LogP contribution in [0.4, 0.5) is 0 Å². The molecule has 0 unspecified atom stereocenters. The first-order chi connectivity index (χ1) is 11.6. The second-order valence-corrected chi connectivity index (χ2v) is 5.31. The van der Waals surface area contributed by atoms with Gasteiger partial charge in [0.2, 0.25) is 0 Å². The minimum absolute atomic E-state index is 0.0684. The second kappa shape index (κ2) is 8.49. The molecule has 0 fully saturated rings. The predicted molar refractivity (Wildman–Crippen MR) is 89.8 cm³/mol. The third-order valence-electron chi connectivity index (χ3n) is 3.02. The van der Waals surface area contributed by atoms with Crippen LogP contribution in [0.3, 0.4) is 0 Å². The fraction of sp³-hybridized carbons (Fsp3) is 0.211. The summed E-state index contributed by atoms with van der Waals surface area (Å²) >= 11 is 0. The van der Waals surface area contributed by atoms with E-state index in [0.717, 1.165) is 5.56 Å². The van der Waals surface area contributed by atoms with E-state index < -0.39 is 5.97 Å². The molecule has 0 amide bonds. The maximum Gasteiger partial charge on any atom is 0.349 e. The van der Waals surface area contributed by atoms with Gasteiger partial charge in [0, 0.05) is 23.5 Å².